The van der Waals surface area contributed by atoms with Crippen LogP contribution in [-0.2, 0) is 6.54 Å². The fourth-order valence-electron chi connectivity index (χ4n) is 1.66. The third-order valence-electron chi connectivity index (χ3n) is 2.70. The average Bonchev–Trinajstić information content (AvgIpc) is 2.41. The van der Waals surface area contributed by atoms with Gasteiger partial charge in [-0.2, -0.15) is 0 Å². The van der Waals surface area contributed by atoms with Crippen LogP contribution in [-0.4, -0.2) is 10.0 Å². The number of phenolic OH excluding ortho intramolecular Hbond substituents is 1. The Morgan fingerprint density at radius 1 is 1.20 bits per heavy atom. The Hall–Kier alpha value is -1.98. The van der Waals surface area contributed by atoms with Gasteiger partial charge >= 0.3 is 0 Å². The van der Waals surface area contributed by atoms with Gasteiger partial charge in [-0.25, -0.2) is 0 Å². The molecule has 0 aliphatic rings. The van der Waals surface area contributed by atoms with Crippen LogP contribution in [0, 0.1) is 10.1 Å². The molecule has 7 heteroatoms. The lowest BCUT2D eigenvalue weighted by Gasteiger charge is -2.10. The van der Waals surface area contributed by atoms with Crippen LogP contribution in [0.25, 0.3) is 0 Å². The average molecular weight is 313 g/mol. The molecular weight excluding hydrogens is 303 g/mol. The van der Waals surface area contributed by atoms with E-state index in [0.717, 1.165) is 0 Å². The predicted molar refractivity (Wildman–Crippen MR) is 78.5 cm³/mol. The van der Waals surface area contributed by atoms with E-state index in [-0.39, 0.29) is 23.0 Å². The van der Waals surface area contributed by atoms with Crippen LogP contribution >= 0.6 is 23.2 Å². The molecule has 2 aromatic rings. The summed E-state index contributed by atoms with van der Waals surface area (Å²) in [4.78, 5) is 10.2. The van der Waals surface area contributed by atoms with Gasteiger partial charge in [-0.15, -0.1) is 0 Å². The lowest BCUT2D eigenvalue weighted by molar-refractivity contribution is -0.384. The number of aromatic hydroxyl groups is 1. The number of anilines is 1. The summed E-state index contributed by atoms with van der Waals surface area (Å²) in [6, 6.07) is 9.07. The highest BCUT2D eigenvalue weighted by atomic mass is 35.5. The van der Waals surface area contributed by atoms with Crippen molar-refractivity contribution in [2.45, 2.75) is 6.54 Å². The second kappa shape index (κ2) is 5.98. The first-order valence-electron chi connectivity index (χ1n) is 5.63. The first-order chi connectivity index (χ1) is 9.49. The third kappa shape index (κ3) is 3.12. The number of para-hydroxylation sites is 1. The number of nitrogens with one attached hydrogen (secondary N) is 1. The standard InChI is InChI=1S/C13H10Cl2N2O3/c14-10-5-4-9(17(19)20)6-12(10)16-7-8-2-1-3-11(15)13(8)18/h1-6,16,18H,7H2. The number of hydrogen-bond acceptors (Lipinski definition) is 4. The van der Waals surface area contributed by atoms with Gasteiger partial charge in [0.05, 0.1) is 20.7 Å². The number of hydrogen-bond donors (Lipinski definition) is 2. The maximum atomic E-state index is 10.7. The summed E-state index contributed by atoms with van der Waals surface area (Å²) in [7, 11) is 0. The highest BCUT2D eigenvalue weighted by Crippen LogP contribution is 2.30. The van der Waals surface area contributed by atoms with E-state index in [4.69, 9.17) is 23.2 Å². The summed E-state index contributed by atoms with van der Waals surface area (Å²) < 4.78 is 0. The quantitative estimate of drug-likeness (QED) is 0.654. The van der Waals surface area contributed by atoms with E-state index >= 15 is 0 Å². The van der Waals surface area contributed by atoms with Gasteiger partial charge in [-0.1, -0.05) is 35.3 Å². The van der Waals surface area contributed by atoms with Crippen LogP contribution in [0.2, 0.25) is 10.0 Å². The normalized spacial score (nSPS) is 10.3. The van der Waals surface area contributed by atoms with Crippen LogP contribution in [0.5, 0.6) is 5.75 Å². The van der Waals surface area contributed by atoms with E-state index in [1.165, 1.54) is 18.2 Å². The second-order valence-electron chi connectivity index (χ2n) is 4.02. The number of nitro benzene ring substituents is 1. The molecule has 20 heavy (non-hydrogen) atoms. The Morgan fingerprint density at radius 3 is 2.65 bits per heavy atom. The molecule has 0 aromatic heterocycles. The van der Waals surface area contributed by atoms with Crippen LogP contribution in [0.1, 0.15) is 5.56 Å². The van der Waals surface area contributed by atoms with Crippen molar-refractivity contribution in [3.8, 4) is 5.75 Å². The van der Waals surface area contributed by atoms with Crippen LogP contribution in [0.15, 0.2) is 36.4 Å². The SMILES string of the molecule is O=[N+]([O-])c1ccc(Cl)c(NCc2cccc(Cl)c2O)c1. The first-order valence-corrected chi connectivity index (χ1v) is 6.39. The minimum absolute atomic E-state index is 0.0248. The minimum Gasteiger partial charge on any atom is -0.506 e. The topological polar surface area (TPSA) is 75.4 Å². The van der Waals surface area contributed by atoms with Crippen molar-refractivity contribution >= 4 is 34.6 Å². The molecule has 2 aromatic carbocycles. The number of nitrogens with zero attached hydrogens (tertiary/aromatic N) is 1. The summed E-state index contributed by atoms with van der Waals surface area (Å²) in [6.45, 7) is 0.243. The molecule has 0 aliphatic heterocycles. The Labute approximate surface area is 124 Å². The van der Waals surface area contributed by atoms with E-state index in [0.29, 0.717) is 16.3 Å². The second-order valence-corrected chi connectivity index (χ2v) is 4.84. The van der Waals surface area contributed by atoms with Gasteiger partial charge in [0.2, 0.25) is 0 Å². The molecule has 0 aliphatic carbocycles. The van der Waals surface area contributed by atoms with E-state index < -0.39 is 4.92 Å². The summed E-state index contributed by atoms with van der Waals surface area (Å²) >= 11 is 11.8. The van der Waals surface area contributed by atoms with Crippen LogP contribution in [0.3, 0.4) is 0 Å². The fraction of sp³-hybridized carbons (Fsp3) is 0.0769. The van der Waals surface area contributed by atoms with Crippen LogP contribution in [0.4, 0.5) is 11.4 Å². The fourth-order valence-corrected chi connectivity index (χ4v) is 2.03. The maximum Gasteiger partial charge on any atom is 0.271 e. The van der Waals surface area contributed by atoms with Gasteiger partial charge in [-0.05, 0) is 12.1 Å². The lowest BCUT2D eigenvalue weighted by Crippen LogP contribution is -2.01. The highest BCUT2D eigenvalue weighted by Gasteiger charge is 2.10. The third-order valence-corrected chi connectivity index (χ3v) is 3.33. The Morgan fingerprint density at radius 2 is 1.95 bits per heavy atom. The molecular formula is C13H10Cl2N2O3. The number of non-ortho nitro benzene ring substituents is 1. The maximum absolute atomic E-state index is 10.7. The van der Waals surface area contributed by atoms with Gasteiger partial charge in [0.15, 0.2) is 0 Å². The number of nitro groups is 1. The van der Waals surface area contributed by atoms with Gasteiger partial charge in [-0.3, -0.25) is 10.1 Å². The van der Waals surface area contributed by atoms with Crippen LogP contribution < -0.4 is 5.32 Å². The Bertz CT molecular complexity index is 662. The van der Waals surface area contributed by atoms with Crippen molar-refractivity contribution in [1.29, 1.82) is 0 Å². The molecule has 0 saturated carbocycles. The molecule has 0 bridgehead atoms. The zero-order chi connectivity index (χ0) is 14.7. The van der Waals surface area contributed by atoms with Crippen molar-refractivity contribution in [3.63, 3.8) is 0 Å². The van der Waals surface area contributed by atoms with Crippen molar-refractivity contribution in [3.05, 3.63) is 62.1 Å². The predicted octanol–water partition coefficient (Wildman–Crippen LogP) is 4.22. The molecule has 0 unspecified atom stereocenters. The summed E-state index contributed by atoms with van der Waals surface area (Å²) in [6.07, 6.45) is 0. The van der Waals surface area contributed by atoms with Crippen molar-refractivity contribution < 1.29 is 10.0 Å². The van der Waals surface area contributed by atoms with Crippen molar-refractivity contribution in [1.82, 2.24) is 0 Å². The zero-order valence-corrected chi connectivity index (χ0v) is 11.6. The number of phenols is 1. The lowest BCUT2D eigenvalue weighted by atomic mass is 10.2. The number of rotatable bonds is 4. The van der Waals surface area contributed by atoms with E-state index in [2.05, 4.69) is 5.32 Å². The molecule has 5 nitrogen and oxygen atoms in total. The molecule has 0 fully saturated rings. The molecule has 0 heterocycles. The molecule has 2 N–H and O–H groups in total. The van der Waals surface area contributed by atoms with E-state index in [1.807, 2.05) is 0 Å². The molecule has 104 valence electrons. The van der Waals surface area contributed by atoms with Crippen molar-refractivity contribution in [2.24, 2.45) is 0 Å². The number of benzene rings is 2. The molecule has 2 rings (SSSR count). The van der Waals surface area contributed by atoms with Gasteiger partial charge in [0.1, 0.15) is 5.75 Å². The summed E-state index contributed by atoms with van der Waals surface area (Å²) in [5.41, 5.74) is 0.924. The minimum atomic E-state index is -0.502. The van der Waals surface area contributed by atoms with E-state index in [1.54, 1.807) is 18.2 Å². The smallest absolute Gasteiger partial charge is 0.271 e. The molecule has 0 amide bonds. The number of halogens is 2. The molecule has 0 spiro atoms. The Balaban J connectivity index is 2.20. The first kappa shape index (κ1) is 14.4. The highest BCUT2D eigenvalue weighted by molar-refractivity contribution is 6.33. The monoisotopic (exact) mass is 312 g/mol. The summed E-state index contributed by atoms with van der Waals surface area (Å²) in [5, 5.41) is 24.0. The largest absolute Gasteiger partial charge is 0.506 e. The van der Waals surface area contributed by atoms with Crippen molar-refractivity contribution in [2.75, 3.05) is 5.32 Å². The molecule has 0 atom stereocenters. The summed E-state index contributed by atoms with van der Waals surface area (Å²) in [5.74, 6) is -0.0248. The van der Waals surface area contributed by atoms with E-state index in [9.17, 15) is 15.2 Å². The Kier molecular flexibility index (Phi) is 4.32. The van der Waals surface area contributed by atoms with Gasteiger partial charge in [0, 0.05) is 24.2 Å². The zero-order valence-electron chi connectivity index (χ0n) is 10.1. The molecule has 0 radical (unpaired) electrons. The van der Waals surface area contributed by atoms with Gasteiger partial charge in [0.25, 0.3) is 5.69 Å². The molecule has 0 saturated heterocycles. The van der Waals surface area contributed by atoms with Gasteiger partial charge < -0.3 is 10.4 Å².